The van der Waals surface area contributed by atoms with Gasteiger partial charge >= 0.3 is 0 Å². The van der Waals surface area contributed by atoms with Crippen LogP contribution in [0.3, 0.4) is 0 Å². The minimum Gasteiger partial charge on any atom is -0.323 e. The molecule has 3 aromatic carbocycles. The van der Waals surface area contributed by atoms with Gasteiger partial charge in [0, 0.05) is 5.56 Å². The smallest absolute Gasteiger partial charge is 0.257 e. The summed E-state index contributed by atoms with van der Waals surface area (Å²) in [5.74, 6) is 3.59. The van der Waals surface area contributed by atoms with Gasteiger partial charge in [0.15, 0.2) is 0 Å². The van der Waals surface area contributed by atoms with E-state index in [2.05, 4.69) is 5.10 Å². The maximum absolute atomic E-state index is 13.8. The maximum atomic E-state index is 13.8. The lowest BCUT2D eigenvalue weighted by atomic mass is 10.0. The zero-order valence-corrected chi connectivity index (χ0v) is 20.7. The lowest BCUT2D eigenvalue weighted by Gasteiger charge is -2.24. The normalized spacial score (nSPS) is 13.0. The first-order valence-electron chi connectivity index (χ1n) is 10.4. The van der Waals surface area contributed by atoms with Gasteiger partial charge in [-0.05, 0) is 53.4 Å². The van der Waals surface area contributed by atoms with Crippen LogP contribution in [-0.4, -0.2) is 41.3 Å². The Morgan fingerprint density at radius 3 is 2.31 bits per heavy atom. The predicted octanol–water partition coefficient (Wildman–Crippen LogP) is 1.30. The molecule has 0 fully saturated rings. The van der Waals surface area contributed by atoms with Crippen LogP contribution >= 0.6 is 0 Å². The van der Waals surface area contributed by atoms with Crippen LogP contribution in [0.25, 0.3) is 11.1 Å². The SMILES string of the molecule is CS(=O)(=O)N(C(=O)[C@@H](N)Cc1cccc(C=NN)c1)c1ccc(-c2cc(F)ccc2S(N)(=O)=O)cc1. The topological polar surface area (TPSA) is 179 Å². The number of amides is 1. The van der Waals surface area contributed by atoms with Crippen LogP contribution in [0, 0.1) is 5.82 Å². The van der Waals surface area contributed by atoms with Crippen LogP contribution in [0.5, 0.6) is 0 Å². The lowest BCUT2D eigenvalue weighted by molar-refractivity contribution is -0.118. The quantitative estimate of drug-likeness (QED) is 0.222. The first kappa shape index (κ1) is 26.9. The number of hydrogen-bond acceptors (Lipinski definition) is 8. The van der Waals surface area contributed by atoms with Gasteiger partial charge in [-0.25, -0.2) is 30.7 Å². The van der Waals surface area contributed by atoms with Gasteiger partial charge in [-0.15, -0.1) is 0 Å². The molecule has 1 amide bonds. The number of carbonyl (C=O) groups is 1. The van der Waals surface area contributed by atoms with Gasteiger partial charge in [0.1, 0.15) is 5.82 Å². The second kappa shape index (κ2) is 10.5. The van der Waals surface area contributed by atoms with Crippen molar-refractivity contribution in [3.8, 4) is 11.1 Å². The zero-order chi connectivity index (χ0) is 26.7. The monoisotopic (exact) mass is 533 g/mol. The molecule has 0 bridgehead atoms. The molecule has 0 heterocycles. The Labute approximate surface area is 208 Å². The number of hydrogen-bond donors (Lipinski definition) is 3. The molecule has 3 aromatic rings. The van der Waals surface area contributed by atoms with E-state index in [0.29, 0.717) is 15.4 Å². The molecular weight excluding hydrogens is 509 g/mol. The second-order valence-corrected chi connectivity index (χ2v) is 11.3. The Morgan fingerprint density at radius 1 is 1.06 bits per heavy atom. The third-order valence-electron chi connectivity index (χ3n) is 5.14. The molecule has 0 unspecified atom stereocenters. The Bertz CT molecular complexity index is 1520. The van der Waals surface area contributed by atoms with Crippen LogP contribution in [0.4, 0.5) is 10.1 Å². The number of anilines is 1. The summed E-state index contributed by atoms with van der Waals surface area (Å²) in [6.45, 7) is 0. The molecule has 0 aliphatic rings. The summed E-state index contributed by atoms with van der Waals surface area (Å²) in [5, 5.41) is 8.68. The predicted molar refractivity (Wildman–Crippen MR) is 135 cm³/mol. The van der Waals surface area contributed by atoms with Crippen molar-refractivity contribution in [3.05, 3.63) is 83.7 Å². The molecule has 10 nitrogen and oxygen atoms in total. The highest BCUT2D eigenvalue weighted by Crippen LogP contribution is 2.30. The van der Waals surface area contributed by atoms with E-state index in [1.165, 1.54) is 30.5 Å². The van der Waals surface area contributed by atoms with E-state index >= 15 is 0 Å². The highest BCUT2D eigenvalue weighted by atomic mass is 32.2. The molecule has 0 spiro atoms. The van der Waals surface area contributed by atoms with Crippen LogP contribution in [0.1, 0.15) is 11.1 Å². The van der Waals surface area contributed by atoms with Crippen molar-refractivity contribution in [2.45, 2.75) is 17.4 Å². The second-order valence-electron chi connectivity index (χ2n) is 7.93. The molecule has 36 heavy (non-hydrogen) atoms. The van der Waals surface area contributed by atoms with Crippen molar-refractivity contribution in [1.82, 2.24) is 0 Å². The Hall–Kier alpha value is -3.65. The summed E-state index contributed by atoms with van der Waals surface area (Å²) < 4.78 is 63.3. The van der Waals surface area contributed by atoms with Crippen LogP contribution < -0.4 is 21.0 Å². The minimum atomic E-state index is -4.17. The average molecular weight is 534 g/mol. The molecule has 0 aliphatic heterocycles. The van der Waals surface area contributed by atoms with Gasteiger partial charge in [0.2, 0.25) is 20.0 Å². The summed E-state index contributed by atoms with van der Waals surface area (Å²) in [5.41, 5.74) is 7.62. The number of nitrogens with zero attached hydrogens (tertiary/aromatic N) is 2. The van der Waals surface area contributed by atoms with Gasteiger partial charge in [-0.3, -0.25) is 4.79 Å². The standard InChI is InChI=1S/C23H24FN5O5S2/c1-35(31,32)29(23(30)21(25)12-15-3-2-4-16(11-15)14-28-26)19-8-5-17(6-9-19)20-13-18(24)7-10-22(20)36(27,33)34/h2-11,13-14,21H,12,25-26H2,1H3,(H2,27,33,34)/t21-/m0/s1. The molecule has 1 atom stereocenters. The molecule has 3 rings (SSSR count). The Balaban J connectivity index is 1.95. The van der Waals surface area contributed by atoms with Crippen molar-refractivity contribution in [1.29, 1.82) is 0 Å². The number of halogens is 1. The fourth-order valence-corrected chi connectivity index (χ4v) is 5.32. The fraction of sp³-hybridized carbons (Fsp3) is 0.130. The van der Waals surface area contributed by atoms with E-state index in [1.54, 1.807) is 24.3 Å². The van der Waals surface area contributed by atoms with Gasteiger partial charge in [0.05, 0.1) is 29.1 Å². The summed E-state index contributed by atoms with van der Waals surface area (Å²) >= 11 is 0. The average Bonchev–Trinajstić information content (AvgIpc) is 2.78. The molecule has 0 saturated carbocycles. The molecule has 0 aromatic heterocycles. The number of hydrazone groups is 1. The van der Waals surface area contributed by atoms with Gasteiger partial charge in [0.25, 0.3) is 5.91 Å². The van der Waals surface area contributed by atoms with Crippen LogP contribution in [0.15, 0.2) is 76.7 Å². The van der Waals surface area contributed by atoms with E-state index < -0.39 is 37.8 Å². The summed E-state index contributed by atoms with van der Waals surface area (Å²) in [7, 11) is -8.26. The van der Waals surface area contributed by atoms with Crippen LogP contribution in [0.2, 0.25) is 0 Å². The summed E-state index contributed by atoms with van der Waals surface area (Å²) in [6.07, 6.45) is 2.31. The van der Waals surface area contributed by atoms with Crippen LogP contribution in [-0.2, 0) is 31.3 Å². The van der Waals surface area contributed by atoms with E-state index in [0.717, 1.165) is 24.5 Å². The molecule has 0 saturated heterocycles. The molecule has 13 heteroatoms. The highest BCUT2D eigenvalue weighted by Gasteiger charge is 2.30. The Morgan fingerprint density at radius 2 is 1.72 bits per heavy atom. The Kier molecular flexibility index (Phi) is 7.89. The van der Waals surface area contributed by atoms with E-state index in [1.807, 2.05) is 0 Å². The number of rotatable bonds is 8. The van der Waals surface area contributed by atoms with E-state index in [9.17, 15) is 26.0 Å². The molecule has 190 valence electrons. The molecule has 0 radical (unpaired) electrons. The number of carbonyl (C=O) groups excluding carboxylic acids is 1. The highest BCUT2D eigenvalue weighted by molar-refractivity contribution is 7.92. The number of nitrogens with two attached hydrogens (primary N) is 3. The largest absolute Gasteiger partial charge is 0.323 e. The van der Waals surface area contributed by atoms with E-state index in [4.69, 9.17) is 16.7 Å². The molecule has 0 aliphatic carbocycles. The number of sulfonamides is 2. The number of benzene rings is 3. The van der Waals surface area contributed by atoms with Gasteiger partial charge in [-0.1, -0.05) is 36.4 Å². The van der Waals surface area contributed by atoms with Crippen molar-refractivity contribution < 1.29 is 26.0 Å². The minimum absolute atomic E-state index is 0.0149. The summed E-state index contributed by atoms with van der Waals surface area (Å²) in [6, 6.07) is 14.0. The van der Waals surface area contributed by atoms with Crippen molar-refractivity contribution >= 4 is 37.9 Å². The zero-order valence-electron chi connectivity index (χ0n) is 19.1. The van der Waals surface area contributed by atoms with Crippen molar-refractivity contribution in [2.75, 3.05) is 10.6 Å². The molecule has 6 N–H and O–H groups in total. The summed E-state index contributed by atoms with van der Waals surface area (Å²) in [4.78, 5) is 12.8. The fourth-order valence-electron chi connectivity index (χ4n) is 3.61. The van der Waals surface area contributed by atoms with Crippen molar-refractivity contribution in [3.63, 3.8) is 0 Å². The third-order valence-corrected chi connectivity index (χ3v) is 7.16. The van der Waals surface area contributed by atoms with Crippen molar-refractivity contribution in [2.24, 2.45) is 21.8 Å². The first-order valence-corrected chi connectivity index (χ1v) is 13.8. The van der Waals surface area contributed by atoms with E-state index in [-0.39, 0.29) is 28.1 Å². The maximum Gasteiger partial charge on any atom is 0.257 e. The number of primary sulfonamides is 1. The van der Waals surface area contributed by atoms with Gasteiger partial charge in [-0.2, -0.15) is 5.10 Å². The first-order chi connectivity index (χ1) is 16.8. The third kappa shape index (κ3) is 6.31. The molecular formula is C23H24FN5O5S2. The van der Waals surface area contributed by atoms with Gasteiger partial charge < -0.3 is 11.6 Å². The lowest BCUT2D eigenvalue weighted by Crippen LogP contribution is -2.47.